The summed E-state index contributed by atoms with van der Waals surface area (Å²) in [5.74, 6) is -0.469. The van der Waals surface area contributed by atoms with Crippen molar-refractivity contribution in [2.45, 2.75) is 25.7 Å². The minimum atomic E-state index is -3.92. The van der Waals surface area contributed by atoms with Crippen LogP contribution < -0.4 is 4.72 Å². The number of sulfonamides is 1. The van der Waals surface area contributed by atoms with E-state index in [-0.39, 0.29) is 10.6 Å². The number of phenolic OH excluding ortho intramolecular Hbond substituents is 1. The van der Waals surface area contributed by atoms with Crippen LogP contribution in [-0.2, 0) is 10.0 Å². The second kappa shape index (κ2) is 7.18. The molecule has 5 nitrogen and oxygen atoms in total. The fourth-order valence-electron chi connectivity index (χ4n) is 3.63. The van der Waals surface area contributed by atoms with E-state index in [1.54, 1.807) is 13.0 Å². The van der Waals surface area contributed by atoms with Gasteiger partial charge < -0.3 is 9.67 Å². The second-order valence-electron chi connectivity index (χ2n) is 7.28. The SMILES string of the molecule is Cc1cc(O)c(-n2c(C)c(C)c3ccccc32)cc1NS(=O)(=O)c1ccc(F)cc1. The quantitative estimate of drug-likeness (QED) is 0.442. The maximum atomic E-state index is 13.2. The number of nitrogens with one attached hydrogen (secondary N) is 1. The topological polar surface area (TPSA) is 71.3 Å². The van der Waals surface area contributed by atoms with E-state index in [1.165, 1.54) is 18.2 Å². The summed E-state index contributed by atoms with van der Waals surface area (Å²) in [5.41, 5.74) is 4.31. The molecule has 7 heteroatoms. The number of aromatic nitrogens is 1. The first-order valence-corrected chi connectivity index (χ1v) is 10.9. The largest absolute Gasteiger partial charge is 0.506 e. The van der Waals surface area contributed by atoms with Crippen LogP contribution in [0.1, 0.15) is 16.8 Å². The van der Waals surface area contributed by atoms with Crippen molar-refractivity contribution in [1.29, 1.82) is 0 Å². The predicted octanol–water partition coefficient (Wildman–Crippen LogP) is 5.20. The second-order valence-corrected chi connectivity index (χ2v) is 8.96. The first-order chi connectivity index (χ1) is 14.2. The van der Waals surface area contributed by atoms with Crippen LogP contribution in [0.5, 0.6) is 5.75 Å². The molecule has 0 aliphatic heterocycles. The molecule has 4 rings (SSSR count). The summed E-state index contributed by atoms with van der Waals surface area (Å²) in [7, 11) is -3.92. The van der Waals surface area contributed by atoms with E-state index in [1.807, 2.05) is 42.7 Å². The molecular weight excluding hydrogens is 403 g/mol. The summed E-state index contributed by atoms with van der Waals surface area (Å²) in [6.45, 7) is 5.67. The van der Waals surface area contributed by atoms with Gasteiger partial charge in [-0.2, -0.15) is 0 Å². The maximum Gasteiger partial charge on any atom is 0.261 e. The number of aromatic hydroxyl groups is 1. The molecule has 0 aliphatic carbocycles. The molecule has 154 valence electrons. The van der Waals surface area contributed by atoms with Crippen molar-refractivity contribution < 1.29 is 17.9 Å². The minimum absolute atomic E-state index is 0.0427. The lowest BCUT2D eigenvalue weighted by Crippen LogP contribution is -2.14. The zero-order valence-electron chi connectivity index (χ0n) is 16.8. The van der Waals surface area contributed by atoms with Crippen LogP contribution in [0.3, 0.4) is 0 Å². The Hall–Kier alpha value is -3.32. The summed E-state index contributed by atoms with van der Waals surface area (Å²) in [4.78, 5) is -0.0450. The van der Waals surface area contributed by atoms with Crippen molar-refractivity contribution in [3.8, 4) is 11.4 Å². The van der Waals surface area contributed by atoms with Crippen LogP contribution in [0.4, 0.5) is 10.1 Å². The van der Waals surface area contributed by atoms with Crippen LogP contribution in [0.25, 0.3) is 16.6 Å². The minimum Gasteiger partial charge on any atom is -0.506 e. The van der Waals surface area contributed by atoms with Crippen LogP contribution >= 0.6 is 0 Å². The van der Waals surface area contributed by atoms with Gasteiger partial charge >= 0.3 is 0 Å². The summed E-state index contributed by atoms with van der Waals surface area (Å²) in [5, 5.41) is 11.7. The highest BCUT2D eigenvalue weighted by Gasteiger charge is 2.19. The molecule has 0 radical (unpaired) electrons. The highest BCUT2D eigenvalue weighted by molar-refractivity contribution is 7.92. The molecule has 4 aromatic rings. The first kappa shape index (κ1) is 20.0. The molecule has 0 atom stereocenters. The summed E-state index contributed by atoms with van der Waals surface area (Å²) in [6, 6.07) is 15.6. The molecule has 0 bridgehead atoms. The smallest absolute Gasteiger partial charge is 0.261 e. The summed E-state index contributed by atoms with van der Waals surface area (Å²) in [6.07, 6.45) is 0. The van der Waals surface area contributed by atoms with Gasteiger partial charge in [-0.15, -0.1) is 0 Å². The molecule has 3 aromatic carbocycles. The van der Waals surface area contributed by atoms with Crippen LogP contribution in [0, 0.1) is 26.6 Å². The van der Waals surface area contributed by atoms with Crippen LogP contribution in [0.2, 0.25) is 0 Å². The zero-order chi connectivity index (χ0) is 21.6. The van der Waals surface area contributed by atoms with Gasteiger partial charge in [0.2, 0.25) is 0 Å². The molecule has 0 aliphatic rings. The fraction of sp³-hybridized carbons (Fsp3) is 0.130. The van der Waals surface area contributed by atoms with E-state index in [2.05, 4.69) is 4.72 Å². The third-order valence-corrected chi connectivity index (χ3v) is 6.74. The number of nitrogens with zero attached hydrogens (tertiary/aromatic N) is 1. The van der Waals surface area contributed by atoms with E-state index in [4.69, 9.17) is 0 Å². The van der Waals surface area contributed by atoms with Gasteiger partial charge in [0.1, 0.15) is 11.6 Å². The normalized spacial score (nSPS) is 11.7. The number of hydrogen-bond donors (Lipinski definition) is 2. The zero-order valence-corrected chi connectivity index (χ0v) is 17.6. The molecule has 1 aromatic heterocycles. The van der Waals surface area contributed by atoms with Gasteiger partial charge in [0.25, 0.3) is 10.0 Å². The highest BCUT2D eigenvalue weighted by Crippen LogP contribution is 2.35. The average Bonchev–Trinajstić information content (AvgIpc) is 2.95. The molecule has 0 amide bonds. The molecule has 2 N–H and O–H groups in total. The standard InChI is InChI=1S/C23H21FN2O3S/c1-14-12-23(27)22(26-16(3)15(2)19-6-4-5-7-21(19)26)13-20(14)25-30(28,29)18-10-8-17(24)9-11-18/h4-13,25,27H,1-3H3. The number of benzene rings is 3. The number of phenols is 1. The number of para-hydroxylation sites is 1. The van der Waals surface area contributed by atoms with Crippen molar-refractivity contribution in [2.75, 3.05) is 4.72 Å². The lowest BCUT2D eigenvalue weighted by atomic mass is 10.1. The van der Waals surface area contributed by atoms with Crippen LogP contribution in [-0.4, -0.2) is 18.1 Å². The van der Waals surface area contributed by atoms with Gasteiger partial charge in [0.15, 0.2) is 0 Å². The van der Waals surface area contributed by atoms with E-state index in [0.717, 1.165) is 34.3 Å². The summed E-state index contributed by atoms with van der Waals surface area (Å²) >= 11 is 0. The molecular formula is C23H21FN2O3S. The predicted molar refractivity (Wildman–Crippen MR) is 116 cm³/mol. The van der Waals surface area contributed by atoms with Gasteiger partial charge in [-0.3, -0.25) is 4.72 Å². The Morgan fingerprint density at radius 2 is 1.63 bits per heavy atom. The van der Waals surface area contributed by atoms with Crippen molar-refractivity contribution in [2.24, 2.45) is 0 Å². The van der Waals surface area contributed by atoms with Gasteiger partial charge in [0.05, 0.1) is 21.8 Å². The molecule has 0 fully saturated rings. The number of halogens is 1. The van der Waals surface area contributed by atoms with Crippen molar-refractivity contribution in [3.63, 3.8) is 0 Å². The Balaban J connectivity index is 1.85. The van der Waals surface area contributed by atoms with E-state index < -0.39 is 15.8 Å². The first-order valence-electron chi connectivity index (χ1n) is 9.38. The maximum absolute atomic E-state index is 13.2. The third-order valence-electron chi connectivity index (χ3n) is 5.36. The Labute approximate surface area is 174 Å². The average molecular weight is 424 g/mol. The Morgan fingerprint density at radius 3 is 2.33 bits per heavy atom. The molecule has 0 spiro atoms. The summed E-state index contributed by atoms with van der Waals surface area (Å²) < 4.78 is 43.2. The molecule has 30 heavy (non-hydrogen) atoms. The molecule has 0 saturated carbocycles. The van der Waals surface area contributed by atoms with Gasteiger partial charge in [0, 0.05) is 11.1 Å². The van der Waals surface area contributed by atoms with E-state index >= 15 is 0 Å². The van der Waals surface area contributed by atoms with Crippen molar-refractivity contribution in [3.05, 3.63) is 83.3 Å². The number of hydrogen-bond acceptors (Lipinski definition) is 3. The molecule has 0 saturated heterocycles. The van der Waals surface area contributed by atoms with E-state index in [0.29, 0.717) is 16.9 Å². The van der Waals surface area contributed by atoms with E-state index in [9.17, 15) is 17.9 Å². The van der Waals surface area contributed by atoms with Gasteiger partial charge in [-0.05, 0) is 74.4 Å². The number of aryl methyl sites for hydroxylation is 2. The monoisotopic (exact) mass is 424 g/mol. The Morgan fingerprint density at radius 1 is 0.967 bits per heavy atom. The number of anilines is 1. The van der Waals surface area contributed by atoms with Gasteiger partial charge in [-0.25, -0.2) is 12.8 Å². The van der Waals surface area contributed by atoms with Crippen LogP contribution in [0.15, 0.2) is 65.6 Å². The highest BCUT2D eigenvalue weighted by atomic mass is 32.2. The third kappa shape index (κ3) is 3.31. The lowest BCUT2D eigenvalue weighted by molar-refractivity contribution is 0.472. The Bertz CT molecular complexity index is 1370. The lowest BCUT2D eigenvalue weighted by Gasteiger charge is -2.16. The van der Waals surface area contributed by atoms with Gasteiger partial charge in [-0.1, -0.05) is 18.2 Å². The molecule has 0 unspecified atom stereocenters. The fourth-order valence-corrected chi connectivity index (χ4v) is 4.75. The number of rotatable bonds is 4. The number of fused-ring (bicyclic) bond motifs is 1. The molecule has 1 heterocycles. The van der Waals surface area contributed by atoms with Crippen molar-refractivity contribution >= 4 is 26.6 Å². The Kier molecular flexibility index (Phi) is 4.78. The van der Waals surface area contributed by atoms with Crippen molar-refractivity contribution in [1.82, 2.24) is 4.57 Å².